The van der Waals surface area contributed by atoms with Crippen molar-refractivity contribution in [1.29, 1.82) is 0 Å². The van der Waals surface area contributed by atoms with Crippen LogP contribution in [-0.2, 0) is 5.41 Å². The van der Waals surface area contributed by atoms with Gasteiger partial charge in [0.1, 0.15) is 11.2 Å². The van der Waals surface area contributed by atoms with E-state index in [1.807, 2.05) is 60.7 Å². The zero-order valence-electron chi connectivity index (χ0n) is 28.8. The van der Waals surface area contributed by atoms with Crippen molar-refractivity contribution in [2.75, 3.05) is 0 Å². The van der Waals surface area contributed by atoms with Crippen molar-refractivity contribution in [1.82, 2.24) is 15.0 Å². The Kier molecular flexibility index (Phi) is 6.80. The molecule has 0 unspecified atom stereocenters. The van der Waals surface area contributed by atoms with Crippen molar-refractivity contribution in [2.24, 2.45) is 0 Å². The summed E-state index contributed by atoms with van der Waals surface area (Å²) in [5.41, 5.74) is 14.3. The van der Waals surface area contributed by atoms with Crippen LogP contribution in [0.5, 0.6) is 0 Å². The van der Waals surface area contributed by atoms with Gasteiger partial charge < -0.3 is 4.42 Å². The van der Waals surface area contributed by atoms with E-state index in [9.17, 15) is 0 Å². The highest BCUT2D eigenvalue weighted by Crippen LogP contribution is 2.50. The summed E-state index contributed by atoms with van der Waals surface area (Å²) < 4.78 is 6.86. The number of fused-ring (bicyclic) bond motifs is 6. The molecule has 1 aliphatic carbocycles. The summed E-state index contributed by atoms with van der Waals surface area (Å²) in [7, 11) is 0. The molecule has 52 heavy (non-hydrogen) atoms. The predicted molar refractivity (Wildman–Crippen MR) is 212 cm³/mol. The third-order valence-corrected chi connectivity index (χ3v) is 10.6. The highest BCUT2D eigenvalue weighted by molar-refractivity contribution is 6.13. The smallest absolute Gasteiger partial charge is 0.164 e. The minimum absolute atomic E-state index is 0.0296. The molecule has 1 aliphatic rings. The summed E-state index contributed by atoms with van der Waals surface area (Å²) in [6.07, 6.45) is 0. The van der Waals surface area contributed by atoms with Gasteiger partial charge in [0.05, 0.1) is 0 Å². The van der Waals surface area contributed by atoms with Crippen LogP contribution in [0.1, 0.15) is 25.0 Å². The van der Waals surface area contributed by atoms with Gasteiger partial charge in [-0.15, -0.1) is 0 Å². The topological polar surface area (TPSA) is 51.8 Å². The molecule has 246 valence electrons. The molecular formula is C48H33N3O. The molecule has 0 fully saturated rings. The van der Waals surface area contributed by atoms with Gasteiger partial charge in [0, 0.05) is 44.0 Å². The van der Waals surface area contributed by atoms with Crippen LogP contribution in [0.2, 0.25) is 0 Å². The number of hydrogen-bond acceptors (Lipinski definition) is 4. The largest absolute Gasteiger partial charge is 0.455 e. The summed E-state index contributed by atoms with van der Waals surface area (Å²) in [5, 5.41) is 2.21. The molecule has 0 spiro atoms. The maximum absolute atomic E-state index is 6.86. The van der Waals surface area contributed by atoms with Gasteiger partial charge in [0.15, 0.2) is 17.5 Å². The fourth-order valence-electron chi connectivity index (χ4n) is 7.90. The molecule has 4 nitrogen and oxygen atoms in total. The van der Waals surface area contributed by atoms with Crippen molar-refractivity contribution in [3.63, 3.8) is 0 Å². The molecule has 0 saturated heterocycles. The summed E-state index contributed by atoms with van der Waals surface area (Å²) in [6, 6.07) is 57.1. The lowest BCUT2D eigenvalue weighted by atomic mass is 9.82. The Morgan fingerprint density at radius 1 is 0.365 bits per heavy atom. The van der Waals surface area contributed by atoms with E-state index >= 15 is 0 Å². The van der Waals surface area contributed by atoms with E-state index in [4.69, 9.17) is 19.4 Å². The first kappa shape index (κ1) is 30.2. The van der Waals surface area contributed by atoms with Gasteiger partial charge in [-0.2, -0.15) is 0 Å². The van der Waals surface area contributed by atoms with Crippen LogP contribution in [0.25, 0.3) is 89.5 Å². The normalized spacial score (nSPS) is 13.0. The Bertz CT molecular complexity index is 2740. The van der Waals surface area contributed by atoms with Gasteiger partial charge >= 0.3 is 0 Å². The van der Waals surface area contributed by atoms with E-state index in [0.717, 1.165) is 60.9 Å². The Morgan fingerprint density at radius 2 is 0.808 bits per heavy atom. The van der Waals surface area contributed by atoms with Crippen molar-refractivity contribution in [3.05, 3.63) is 175 Å². The average molecular weight is 668 g/mol. The van der Waals surface area contributed by atoms with Gasteiger partial charge in [-0.1, -0.05) is 172 Å². The number of hydrogen-bond donors (Lipinski definition) is 0. The van der Waals surface area contributed by atoms with Gasteiger partial charge in [0.2, 0.25) is 0 Å². The first-order valence-electron chi connectivity index (χ1n) is 17.7. The van der Waals surface area contributed by atoms with Crippen LogP contribution >= 0.6 is 0 Å². The van der Waals surface area contributed by atoms with Gasteiger partial charge in [-0.25, -0.2) is 15.0 Å². The van der Waals surface area contributed by atoms with Crippen molar-refractivity contribution in [3.8, 4) is 67.5 Å². The summed E-state index contributed by atoms with van der Waals surface area (Å²) in [4.78, 5) is 14.7. The summed E-state index contributed by atoms with van der Waals surface area (Å²) in [6.45, 7) is 4.64. The molecule has 4 heteroatoms. The molecule has 0 radical (unpaired) electrons. The van der Waals surface area contributed by atoms with Crippen LogP contribution in [0.4, 0.5) is 0 Å². The molecule has 0 saturated carbocycles. The fraction of sp³-hybridized carbons (Fsp3) is 0.0625. The first-order valence-corrected chi connectivity index (χ1v) is 17.7. The second kappa shape index (κ2) is 11.7. The highest BCUT2D eigenvalue weighted by Gasteiger charge is 2.35. The molecule has 0 atom stereocenters. The number of rotatable bonds is 5. The molecular weight excluding hydrogens is 635 g/mol. The molecule has 9 aromatic rings. The zero-order valence-corrected chi connectivity index (χ0v) is 28.8. The highest BCUT2D eigenvalue weighted by atomic mass is 16.3. The SMILES string of the molecule is CC1(C)c2ccccc2-c2cc(-c3cccc4c3oc3c(-c5ccc(-c6nc(-c7ccccc7)nc(-c7ccccc7)n6)cc5)cccc34)ccc21. The van der Waals surface area contributed by atoms with Crippen LogP contribution in [0.15, 0.2) is 168 Å². The fourth-order valence-corrected chi connectivity index (χ4v) is 7.90. The van der Waals surface area contributed by atoms with Gasteiger partial charge in [-0.3, -0.25) is 0 Å². The Hall–Kier alpha value is -6.65. The van der Waals surface area contributed by atoms with Crippen LogP contribution in [0.3, 0.4) is 0 Å². The molecule has 10 rings (SSSR count). The Balaban J connectivity index is 1.06. The minimum Gasteiger partial charge on any atom is -0.455 e. The van der Waals surface area contributed by atoms with Gasteiger partial charge in [-0.05, 0) is 39.4 Å². The lowest BCUT2D eigenvalue weighted by molar-refractivity contribution is 0.660. The Labute approximate surface area is 302 Å². The van der Waals surface area contributed by atoms with E-state index < -0.39 is 0 Å². The Morgan fingerprint density at radius 3 is 1.40 bits per heavy atom. The van der Waals surface area contributed by atoms with Crippen LogP contribution < -0.4 is 0 Å². The lowest BCUT2D eigenvalue weighted by Gasteiger charge is -2.21. The standard InChI is InChI=1S/C48H33N3O/c1-48(2)41-22-10-9-17-37(41)40-29-34(27-28-42(40)48)36-19-12-21-39-38-20-11-18-35(43(38)52-44(36)39)30-23-25-33(26-24-30)47-50-45(31-13-5-3-6-14-31)49-46(51-47)32-15-7-4-8-16-32/h3-29H,1-2H3. The number of para-hydroxylation sites is 2. The van der Waals surface area contributed by atoms with Crippen molar-refractivity contribution >= 4 is 21.9 Å². The molecule has 0 aliphatic heterocycles. The maximum atomic E-state index is 6.86. The second-order valence-corrected chi connectivity index (χ2v) is 14.0. The minimum atomic E-state index is -0.0296. The first-order chi connectivity index (χ1) is 25.5. The van der Waals surface area contributed by atoms with Gasteiger partial charge in [0.25, 0.3) is 0 Å². The van der Waals surface area contributed by atoms with E-state index in [2.05, 4.69) is 117 Å². The zero-order chi connectivity index (χ0) is 34.8. The molecule has 0 N–H and O–H groups in total. The van der Waals surface area contributed by atoms with E-state index in [0.29, 0.717) is 17.5 Å². The van der Waals surface area contributed by atoms with E-state index in [-0.39, 0.29) is 5.41 Å². The third kappa shape index (κ3) is 4.79. The second-order valence-electron chi connectivity index (χ2n) is 14.0. The molecule has 2 aromatic heterocycles. The van der Waals surface area contributed by atoms with Crippen molar-refractivity contribution < 1.29 is 4.42 Å². The van der Waals surface area contributed by atoms with E-state index in [1.165, 1.54) is 22.3 Å². The lowest BCUT2D eigenvalue weighted by Crippen LogP contribution is -2.14. The predicted octanol–water partition coefficient (Wildman–Crippen LogP) is 12.4. The quantitative estimate of drug-likeness (QED) is 0.183. The third-order valence-electron chi connectivity index (χ3n) is 10.6. The summed E-state index contributed by atoms with van der Waals surface area (Å²) >= 11 is 0. The number of nitrogens with zero attached hydrogens (tertiary/aromatic N) is 3. The monoisotopic (exact) mass is 667 g/mol. The summed E-state index contributed by atoms with van der Waals surface area (Å²) in [5.74, 6) is 1.92. The number of furan rings is 1. The number of aromatic nitrogens is 3. The maximum Gasteiger partial charge on any atom is 0.164 e. The van der Waals surface area contributed by atoms with Crippen LogP contribution in [-0.4, -0.2) is 15.0 Å². The average Bonchev–Trinajstić information content (AvgIpc) is 3.70. The molecule has 2 heterocycles. The van der Waals surface area contributed by atoms with Crippen molar-refractivity contribution in [2.45, 2.75) is 19.3 Å². The van der Waals surface area contributed by atoms with Crippen LogP contribution in [0, 0.1) is 0 Å². The van der Waals surface area contributed by atoms with E-state index in [1.54, 1.807) is 0 Å². The molecule has 0 bridgehead atoms. The number of benzene rings is 7. The molecule has 0 amide bonds. The molecule has 7 aromatic carbocycles.